The first-order valence-corrected chi connectivity index (χ1v) is 9.42. The SMILES string of the molecule is O=C(COc1ccc(NS(=O)(=O)c2ccccc2)cc1)c1ccccc1. The van der Waals surface area contributed by atoms with Crippen LogP contribution in [0.4, 0.5) is 5.69 Å². The average molecular weight is 367 g/mol. The second kappa shape index (κ2) is 7.84. The molecule has 0 saturated heterocycles. The lowest BCUT2D eigenvalue weighted by molar-refractivity contribution is 0.0921. The molecule has 132 valence electrons. The van der Waals surface area contributed by atoms with Crippen molar-refractivity contribution in [2.45, 2.75) is 4.90 Å². The number of carbonyl (C=O) groups excluding carboxylic acids is 1. The number of hydrogen-bond donors (Lipinski definition) is 1. The topological polar surface area (TPSA) is 72.5 Å². The molecule has 0 bridgehead atoms. The number of Topliss-reactive ketones (excluding diaryl/α,β-unsaturated/α-hetero) is 1. The van der Waals surface area contributed by atoms with Gasteiger partial charge in [0.05, 0.1) is 4.90 Å². The van der Waals surface area contributed by atoms with Crippen molar-refractivity contribution in [1.82, 2.24) is 0 Å². The fourth-order valence-corrected chi connectivity index (χ4v) is 3.37. The summed E-state index contributed by atoms with van der Waals surface area (Å²) < 4.78 is 32.5. The molecule has 0 atom stereocenters. The van der Waals surface area contributed by atoms with E-state index in [1.54, 1.807) is 66.7 Å². The Balaban J connectivity index is 1.61. The third-order valence-electron chi connectivity index (χ3n) is 3.63. The number of ether oxygens (including phenoxy) is 1. The molecule has 0 spiro atoms. The van der Waals surface area contributed by atoms with E-state index in [2.05, 4.69) is 4.72 Å². The first kappa shape index (κ1) is 17.7. The number of nitrogens with one attached hydrogen (secondary N) is 1. The van der Waals surface area contributed by atoms with Gasteiger partial charge in [-0.05, 0) is 36.4 Å². The van der Waals surface area contributed by atoms with Crippen LogP contribution in [-0.4, -0.2) is 20.8 Å². The van der Waals surface area contributed by atoms with Crippen molar-refractivity contribution in [3.05, 3.63) is 90.5 Å². The molecule has 0 fully saturated rings. The van der Waals surface area contributed by atoms with E-state index in [1.807, 2.05) is 6.07 Å². The highest BCUT2D eigenvalue weighted by atomic mass is 32.2. The van der Waals surface area contributed by atoms with Crippen LogP contribution in [-0.2, 0) is 10.0 Å². The van der Waals surface area contributed by atoms with Crippen molar-refractivity contribution in [1.29, 1.82) is 0 Å². The molecule has 26 heavy (non-hydrogen) atoms. The Morgan fingerprint density at radius 3 is 2.00 bits per heavy atom. The monoisotopic (exact) mass is 367 g/mol. The smallest absolute Gasteiger partial charge is 0.261 e. The van der Waals surface area contributed by atoms with E-state index in [0.29, 0.717) is 17.0 Å². The van der Waals surface area contributed by atoms with Gasteiger partial charge in [-0.3, -0.25) is 9.52 Å². The fourth-order valence-electron chi connectivity index (χ4n) is 2.29. The molecule has 0 heterocycles. The van der Waals surface area contributed by atoms with Gasteiger partial charge in [0.15, 0.2) is 12.4 Å². The summed E-state index contributed by atoms with van der Waals surface area (Å²) in [7, 11) is -3.63. The Hall–Kier alpha value is -3.12. The summed E-state index contributed by atoms with van der Waals surface area (Å²) in [6.45, 7) is -0.0842. The molecule has 3 rings (SSSR count). The number of hydrogen-bond acceptors (Lipinski definition) is 4. The Labute approximate surface area is 152 Å². The van der Waals surface area contributed by atoms with Crippen molar-refractivity contribution in [3.8, 4) is 5.75 Å². The zero-order valence-corrected chi connectivity index (χ0v) is 14.6. The summed E-state index contributed by atoms with van der Waals surface area (Å²) in [6.07, 6.45) is 0. The number of carbonyl (C=O) groups is 1. The lowest BCUT2D eigenvalue weighted by atomic mass is 10.1. The summed E-state index contributed by atoms with van der Waals surface area (Å²) in [5.74, 6) is 0.358. The average Bonchev–Trinajstić information content (AvgIpc) is 2.68. The van der Waals surface area contributed by atoms with Gasteiger partial charge in [-0.1, -0.05) is 48.5 Å². The second-order valence-corrected chi connectivity index (χ2v) is 7.20. The Morgan fingerprint density at radius 1 is 0.808 bits per heavy atom. The fraction of sp³-hybridized carbons (Fsp3) is 0.0500. The third kappa shape index (κ3) is 4.49. The Kier molecular flexibility index (Phi) is 5.34. The van der Waals surface area contributed by atoms with Crippen LogP contribution in [0, 0.1) is 0 Å². The van der Waals surface area contributed by atoms with Gasteiger partial charge in [-0.2, -0.15) is 0 Å². The molecule has 0 aliphatic carbocycles. The van der Waals surface area contributed by atoms with E-state index >= 15 is 0 Å². The molecule has 3 aromatic carbocycles. The van der Waals surface area contributed by atoms with Gasteiger partial charge in [0.25, 0.3) is 10.0 Å². The highest BCUT2D eigenvalue weighted by molar-refractivity contribution is 7.92. The van der Waals surface area contributed by atoms with E-state index in [1.165, 1.54) is 12.1 Å². The molecule has 0 aromatic heterocycles. The predicted molar refractivity (Wildman–Crippen MR) is 100.0 cm³/mol. The van der Waals surface area contributed by atoms with E-state index < -0.39 is 10.0 Å². The number of sulfonamides is 1. The first-order chi connectivity index (χ1) is 12.5. The molecule has 0 unspecified atom stereocenters. The van der Waals surface area contributed by atoms with Crippen LogP contribution in [0.3, 0.4) is 0 Å². The summed E-state index contributed by atoms with van der Waals surface area (Å²) in [4.78, 5) is 12.2. The minimum atomic E-state index is -3.63. The van der Waals surface area contributed by atoms with Gasteiger partial charge < -0.3 is 4.74 Å². The molecule has 0 amide bonds. The molecule has 6 heteroatoms. The number of ketones is 1. The highest BCUT2D eigenvalue weighted by Crippen LogP contribution is 2.19. The van der Waals surface area contributed by atoms with E-state index in [-0.39, 0.29) is 17.3 Å². The van der Waals surface area contributed by atoms with Gasteiger partial charge in [0, 0.05) is 11.3 Å². The molecule has 0 radical (unpaired) electrons. The van der Waals surface area contributed by atoms with Crippen molar-refractivity contribution < 1.29 is 17.9 Å². The van der Waals surface area contributed by atoms with Crippen LogP contribution < -0.4 is 9.46 Å². The Morgan fingerprint density at radius 2 is 1.38 bits per heavy atom. The molecule has 0 aliphatic heterocycles. The second-order valence-electron chi connectivity index (χ2n) is 5.52. The van der Waals surface area contributed by atoms with Crippen molar-refractivity contribution in [3.63, 3.8) is 0 Å². The molecule has 0 saturated carbocycles. The summed E-state index contributed by atoms with van der Waals surface area (Å²) in [5.41, 5.74) is 0.996. The zero-order chi connectivity index (χ0) is 18.4. The van der Waals surface area contributed by atoms with Crippen molar-refractivity contribution in [2.24, 2.45) is 0 Å². The van der Waals surface area contributed by atoms with E-state index in [0.717, 1.165) is 0 Å². The van der Waals surface area contributed by atoms with Crippen LogP contribution in [0.5, 0.6) is 5.75 Å². The molecular weight excluding hydrogens is 350 g/mol. The maximum Gasteiger partial charge on any atom is 0.261 e. The maximum atomic E-state index is 12.3. The number of anilines is 1. The van der Waals surface area contributed by atoms with Gasteiger partial charge in [-0.25, -0.2) is 8.42 Å². The summed E-state index contributed by atoms with van der Waals surface area (Å²) in [6, 6.07) is 23.4. The van der Waals surface area contributed by atoms with Gasteiger partial charge in [0.1, 0.15) is 5.75 Å². The van der Waals surface area contributed by atoms with Gasteiger partial charge in [-0.15, -0.1) is 0 Å². The highest BCUT2D eigenvalue weighted by Gasteiger charge is 2.13. The first-order valence-electron chi connectivity index (χ1n) is 7.93. The minimum Gasteiger partial charge on any atom is -0.485 e. The van der Waals surface area contributed by atoms with Crippen LogP contribution in [0.2, 0.25) is 0 Å². The maximum absolute atomic E-state index is 12.3. The van der Waals surface area contributed by atoms with Crippen LogP contribution in [0.1, 0.15) is 10.4 Å². The minimum absolute atomic E-state index is 0.0842. The number of rotatable bonds is 7. The normalized spacial score (nSPS) is 10.9. The molecule has 3 aromatic rings. The standard InChI is InChI=1S/C20H17NO4S/c22-20(16-7-3-1-4-8-16)15-25-18-13-11-17(12-14-18)21-26(23,24)19-9-5-2-6-10-19/h1-14,21H,15H2. The largest absolute Gasteiger partial charge is 0.485 e. The van der Waals surface area contributed by atoms with Crippen molar-refractivity contribution >= 4 is 21.5 Å². The van der Waals surface area contributed by atoms with Gasteiger partial charge >= 0.3 is 0 Å². The van der Waals surface area contributed by atoms with E-state index in [9.17, 15) is 13.2 Å². The lowest BCUT2D eigenvalue weighted by Gasteiger charge is -2.09. The molecular formula is C20H17NO4S. The van der Waals surface area contributed by atoms with Gasteiger partial charge in [0.2, 0.25) is 0 Å². The lowest BCUT2D eigenvalue weighted by Crippen LogP contribution is -2.13. The Bertz CT molecular complexity index is 969. The quantitative estimate of drug-likeness (QED) is 0.646. The summed E-state index contributed by atoms with van der Waals surface area (Å²) >= 11 is 0. The molecule has 0 aliphatic rings. The van der Waals surface area contributed by atoms with E-state index in [4.69, 9.17) is 4.74 Å². The summed E-state index contributed by atoms with van der Waals surface area (Å²) in [5, 5.41) is 0. The molecule has 1 N–H and O–H groups in total. The zero-order valence-electron chi connectivity index (χ0n) is 13.8. The third-order valence-corrected chi connectivity index (χ3v) is 5.02. The molecule has 5 nitrogen and oxygen atoms in total. The van der Waals surface area contributed by atoms with Crippen LogP contribution in [0.25, 0.3) is 0 Å². The van der Waals surface area contributed by atoms with Crippen molar-refractivity contribution in [2.75, 3.05) is 11.3 Å². The number of benzene rings is 3. The van der Waals surface area contributed by atoms with Crippen LogP contribution >= 0.6 is 0 Å². The predicted octanol–water partition coefficient (Wildman–Crippen LogP) is 3.75. The van der Waals surface area contributed by atoms with Crippen LogP contribution in [0.15, 0.2) is 89.8 Å².